The first kappa shape index (κ1) is 9.28. The van der Waals surface area contributed by atoms with Crippen molar-refractivity contribution in [3.63, 3.8) is 0 Å². The second-order valence-electron chi connectivity index (χ2n) is 5.35. The molecule has 24 heavy (non-hydrogen) atoms. The molecule has 2 heterocycles. The Hall–Kier alpha value is -2.27. The number of nitrogens with one attached hydrogen (secondary N) is 1. The minimum Gasteiger partial charge on any atom is -0.493 e. The molecule has 5 heteroatoms. The molecule has 1 saturated heterocycles. The lowest BCUT2D eigenvalue weighted by atomic mass is 9.81. The van der Waals surface area contributed by atoms with E-state index < -0.39 is 43.8 Å². The molecule has 2 aromatic carbocycles. The number of hydrogen-bond donors (Lipinski definition) is 1. The fraction of sp³-hybridized carbons (Fsp3) is 0.368. The van der Waals surface area contributed by atoms with Crippen molar-refractivity contribution in [2.75, 3.05) is 26.4 Å². The predicted octanol–water partition coefficient (Wildman–Crippen LogP) is 3.33. The fourth-order valence-corrected chi connectivity index (χ4v) is 2.60. The average molecular weight is 336 g/mol. The van der Waals surface area contributed by atoms with Gasteiger partial charge in [0.05, 0.1) is 6.61 Å². The van der Waals surface area contributed by atoms with Crippen molar-refractivity contribution in [2.45, 2.75) is 12.3 Å². The van der Waals surface area contributed by atoms with Crippen LogP contribution in [0.15, 0.2) is 42.5 Å². The lowest BCUT2D eigenvalue weighted by Crippen LogP contribution is -2.38. The van der Waals surface area contributed by atoms with Crippen LogP contribution in [0.4, 0.5) is 4.39 Å². The third kappa shape index (κ3) is 3.17. The first-order chi connectivity index (χ1) is 14.3. The Bertz CT molecular complexity index is 989. The summed E-state index contributed by atoms with van der Waals surface area (Å²) in [5.74, 6) is -3.43. The van der Waals surface area contributed by atoms with Crippen LogP contribution in [0.3, 0.4) is 0 Å². The van der Waals surface area contributed by atoms with Gasteiger partial charge >= 0.3 is 0 Å². The van der Waals surface area contributed by atoms with Gasteiger partial charge in [-0.05, 0) is 48.6 Å². The van der Waals surface area contributed by atoms with Crippen molar-refractivity contribution in [1.82, 2.24) is 5.32 Å². The molecule has 0 radical (unpaired) electrons. The van der Waals surface area contributed by atoms with Crippen molar-refractivity contribution < 1.29 is 28.2 Å². The minimum atomic E-state index is -2.30. The summed E-state index contributed by atoms with van der Waals surface area (Å²) in [5, 5.41) is 2.51. The number of ether oxygens (including phenoxy) is 3. The summed E-state index contributed by atoms with van der Waals surface area (Å²) in [5.41, 5.74) is 0.136. The van der Waals surface area contributed by atoms with E-state index in [2.05, 4.69) is 5.32 Å². The van der Waals surface area contributed by atoms with E-state index in [9.17, 15) is 4.39 Å². The second kappa shape index (κ2) is 6.69. The SMILES string of the molecule is [2H]C1([2H])Oc2ccc(OC[C@@H]3C([2H])([2H])NCC([2H])([2H])C3([2H])c3ccc(F)cc3)cc2O1. The predicted molar refractivity (Wildman–Crippen MR) is 88.2 cm³/mol. The molecule has 0 spiro atoms. The molecule has 2 atom stereocenters. The van der Waals surface area contributed by atoms with Crippen molar-refractivity contribution in [3.8, 4) is 17.2 Å². The second-order valence-corrected chi connectivity index (χ2v) is 5.35. The Morgan fingerprint density at radius 2 is 2.04 bits per heavy atom. The summed E-state index contributed by atoms with van der Waals surface area (Å²) in [6.45, 7) is -5.25. The zero-order valence-corrected chi connectivity index (χ0v) is 12.6. The van der Waals surface area contributed by atoms with Gasteiger partial charge in [0, 0.05) is 25.3 Å². The molecule has 0 bridgehead atoms. The van der Waals surface area contributed by atoms with Crippen LogP contribution >= 0.6 is 0 Å². The molecule has 4 nitrogen and oxygen atoms in total. The highest BCUT2D eigenvalue weighted by Crippen LogP contribution is 2.36. The molecule has 0 amide bonds. The molecule has 0 aromatic heterocycles. The Morgan fingerprint density at radius 1 is 1.21 bits per heavy atom. The first-order valence-corrected chi connectivity index (χ1v) is 7.50. The molecule has 0 saturated carbocycles. The molecule has 2 aliphatic rings. The molecular weight excluding hydrogens is 309 g/mol. The lowest BCUT2D eigenvalue weighted by Gasteiger charge is -2.32. The smallest absolute Gasteiger partial charge is 0.231 e. The number of halogens is 1. The summed E-state index contributed by atoms with van der Waals surface area (Å²) >= 11 is 0. The van der Waals surface area contributed by atoms with Gasteiger partial charge < -0.3 is 19.5 Å². The maximum Gasteiger partial charge on any atom is 0.231 e. The van der Waals surface area contributed by atoms with E-state index in [1.807, 2.05) is 0 Å². The molecule has 4 rings (SSSR count). The molecule has 2 aromatic rings. The monoisotopic (exact) mass is 336 g/mol. The number of benzene rings is 2. The van der Waals surface area contributed by atoms with Gasteiger partial charge in [0.25, 0.3) is 0 Å². The van der Waals surface area contributed by atoms with Gasteiger partial charge in [0.15, 0.2) is 11.5 Å². The molecule has 2 aliphatic heterocycles. The maximum atomic E-state index is 13.4. The summed E-state index contributed by atoms with van der Waals surface area (Å²) in [6.07, 6.45) is -2.19. The first-order valence-electron chi connectivity index (χ1n) is 11.0. The van der Waals surface area contributed by atoms with Crippen molar-refractivity contribution in [3.05, 3.63) is 53.8 Å². The van der Waals surface area contributed by atoms with Crippen LogP contribution in [0.2, 0.25) is 0 Å². The largest absolute Gasteiger partial charge is 0.493 e. The van der Waals surface area contributed by atoms with Crippen LogP contribution in [0.25, 0.3) is 0 Å². The van der Waals surface area contributed by atoms with Gasteiger partial charge in [0.1, 0.15) is 14.3 Å². The average Bonchev–Trinajstić information content (AvgIpc) is 2.99. The molecule has 1 unspecified atom stereocenters. The quantitative estimate of drug-likeness (QED) is 0.930. The van der Waals surface area contributed by atoms with Crippen molar-refractivity contribution in [2.24, 2.45) is 5.92 Å². The molecule has 1 fully saturated rings. The summed E-state index contributed by atoms with van der Waals surface area (Å²) < 4.78 is 86.8. The summed E-state index contributed by atoms with van der Waals surface area (Å²) in [7, 11) is 0. The third-order valence-corrected chi connectivity index (χ3v) is 3.78. The lowest BCUT2D eigenvalue weighted by molar-refractivity contribution is 0.173. The zero-order chi connectivity index (χ0) is 22.7. The van der Waals surface area contributed by atoms with Crippen LogP contribution in [-0.4, -0.2) is 26.4 Å². The Balaban J connectivity index is 1.65. The number of piperidine rings is 1. The number of fused-ring (bicyclic) bond motifs is 1. The topological polar surface area (TPSA) is 39.7 Å². The van der Waals surface area contributed by atoms with Gasteiger partial charge in [-0.2, -0.15) is 0 Å². The van der Waals surface area contributed by atoms with E-state index in [0.29, 0.717) is 0 Å². The highest BCUT2D eigenvalue weighted by molar-refractivity contribution is 5.46. The maximum absolute atomic E-state index is 13.4. The van der Waals surface area contributed by atoms with Crippen LogP contribution < -0.4 is 19.5 Å². The highest BCUT2D eigenvalue weighted by atomic mass is 19.1. The molecule has 1 N–H and O–H groups in total. The van der Waals surface area contributed by atoms with E-state index in [1.165, 1.54) is 30.3 Å². The fourth-order valence-electron chi connectivity index (χ4n) is 2.60. The highest BCUT2D eigenvalue weighted by Gasteiger charge is 2.27. The Morgan fingerprint density at radius 3 is 2.92 bits per heavy atom. The van der Waals surface area contributed by atoms with E-state index in [-0.39, 0.29) is 29.4 Å². The van der Waals surface area contributed by atoms with E-state index in [1.54, 1.807) is 0 Å². The van der Waals surface area contributed by atoms with Gasteiger partial charge in [-0.15, -0.1) is 0 Å². The minimum absolute atomic E-state index is 0.110. The van der Waals surface area contributed by atoms with Gasteiger partial charge in [-0.1, -0.05) is 12.1 Å². The number of hydrogen-bond acceptors (Lipinski definition) is 4. The Kier molecular flexibility index (Phi) is 2.59. The van der Waals surface area contributed by atoms with E-state index in [4.69, 9.17) is 23.8 Å². The normalized spacial score (nSPS) is 36.0. The van der Waals surface area contributed by atoms with Crippen molar-refractivity contribution >= 4 is 0 Å². The standard InChI is InChI=1S/C19H20FNO3/c20-15-3-1-13(2-4-15)17-7-8-21-10-14(17)11-22-16-5-6-18-19(9-16)24-12-23-18/h1-6,9,14,17,21H,7-8,10-12H2/t14-,17?/m0/s1/i7D2,10D2,12D2,17D. The summed E-state index contributed by atoms with van der Waals surface area (Å²) in [6, 6.07) is 9.11. The Labute approximate surface area is 150 Å². The van der Waals surface area contributed by atoms with E-state index >= 15 is 0 Å². The van der Waals surface area contributed by atoms with Gasteiger partial charge in [0.2, 0.25) is 6.75 Å². The third-order valence-electron chi connectivity index (χ3n) is 3.78. The zero-order valence-electron chi connectivity index (χ0n) is 19.6. The van der Waals surface area contributed by atoms with Crippen LogP contribution in [0.1, 0.15) is 27.4 Å². The molecule has 126 valence electrons. The van der Waals surface area contributed by atoms with Crippen LogP contribution in [0.5, 0.6) is 17.2 Å². The van der Waals surface area contributed by atoms with Gasteiger partial charge in [-0.3, -0.25) is 0 Å². The molecular formula is C19H20FNO3. The summed E-state index contributed by atoms with van der Waals surface area (Å²) in [4.78, 5) is 0. The number of rotatable bonds is 4. The van der Waals surface area contributed by atoms with Gasteiger partial charge in [-0.25, -0.2) is 4.39 Å². The van der Waals surface area contributed by atoms with E-state index in [0.717, 1.165) is 12.1 Å². The molecule has 0 aliphatic carbocycles. The van der Waals surface area contributed by atoms with Crippen LogP contribution in [0, 0.1) is 11.7 Å². The van der Waals surface area contributed by atoms with Crippen LogP contribution in [-0.2, 0) is 0 Å². The van der Waals surface area contributed by atoms with Crippen molar-refractivity contribution in [1.29, 1.82) is 0 Å².